The van der Waals surface area contributed by atoms with Crippen LogP contribution in [0.3, 0.4) is 0 Å². The van der Waals surface area contributed by atoms with Gasteiger partial charge in [0.1, 0.15) is 5.52 Å². The molecule has 0 saturated heterocycles. The molecule has 2 aromatic carbocycles. The van der Waals surface area contributed by atoms with Gasteiger partial charge in [0, 0.05) is 5.56 Å². The molecule has 1 aromatic heterocycles. The average Bonchev–Trinajstić information content (AvgIpc) is 3.00. The van der Waals surface area contributed by atoms with E-state index in [-0.39, 0.29) is 5.91 Å². The van der Waals surface area contributed by atoms with Gasteiger partial charge in [-0.3, -0.25) is 10.1 Å². The SMILES string of the molecule is COc1ccc(C(=O)Nc2nc3c(Cl)c(Cl)ccc3s2)cc1OC. The molecule has 5 nitrogen and oxygen atoms in total. The van der Waals surface area contributed by atoms with Crippen molar-refractivity contribution in [3.05, 3.63) is 45.9 Å². The largest absolute Gasteiger partial charge is 0.493 e. The summed E-state index contributed by atoms with van der Waals surface area (Å²) in [6.07, 6.45) is 0. The normalized spacial score (nSPS) is 10.7. The summed E-state index contributed by atoms with van der Waals surface area (Å²) in [6, 6.07) is 8.43. The zero-order valence-corrected chi connectivity index (χ0v) is 15.1. The van der Waals surface area contributed by atoms with Crippen LogP contribution in [0.4, 0.5) is 5.13 Å². The van der Waals surface area contributed by atoms with Gasteiger partial charge in [-0.25, -0.2) is 4.98 Å². The molecule has 0 bridgehead atoms. The summed E-state index contributed by atoms with van der Waals surface area (Å²) in [5.74, 6) is 0.719. The highest BCUT2D eigenvalue weighted by atomic mass is 35.5. The van der Waals surface area contributed by atoms with E-state index < -0.39 is 0 Å². The van der Waals surface area contributed by atoms with Crippen LogP contribution in [0, 0.1) is 0 Å². The van der Waals surface area contributed by atoms with Crippen LogP contribution >= 0.6 is 34.5 Å². The fraction of sp³-hybridized carbons (Fsp3) is 0.125. The van der Waals surface area contributed by atoms with Gasteiger partial charge < -0.3 is 9.47 Å². The lowest BCUT2D eigenvalue weighted by Crippen LogP contribution is -2.11. The first-order valence-corrected chi connectivity index (χ1v) is 8.38. The second kappa shape index (κ2) is 6.84. The minimum atomic E-state index is -0.308. The Morgan fingerprint density at radius 2 is 1.88 bits per heavy atom. The number of nitrogens with one attached hydrogen (secondary N) is 1. The number of halogens is 2. The van der Waals surface area contributed by atoms with Gasteiger partial charge in [0.25, 0.3) is 5.91 Å². The van der Waals surface area contributed by atoms with Crippen molar-refractivity contribution in [2.24, 2.45) is 0 Å². The molecule has 0 aliphatic rings. The smallest absolute Gasteiger partial charge is 0.257 e. The standard InChI is InChI=1S/C16H12Cl2N2O3S/c1-22-10-5-3-8(7-11(10)23-2)15(21)20-16-19-14-12(24-16)6-4-9(17)13(14)18/h3-7H,1-2H3,(H,19,20,21). The van der Waals surface area contributed by atoms with Crippen LogP contribution in [-0.2, 0) is 0 Å². The molecular formula is C16H12Cl2N2O3S. The van der Waals surface area contributed by atoms with Crippen molar-refractivity contribution in [3.63, 3.8) is 0 Å². The quantitative estimate of drug-likeness (QED) is 0.698. The van der Waals surface area contributed by atoms with Gasteiger partial charge in [-0.05, 0) is 30.3 Å². The maximum atomic E-state index is 12.4. The third-order valence-corrected chi connectivity index (χ3v) is 5.05. The van der Waals surface area contributed by atoms with Crippen LogP contribution < -0.4 is 14.8 Å². The second-order valence-electron chi connectivity index (χ2n) is 4.75. The molecule has 0 spiro atoms. The van der Waals surface area contributed by atoms with E-state index in [4.69, 9.17) is 32.7 Å². The molecule has 124 valence electrons. The predicted octanol–water partition coefficient (Wildman–Crippen LogP) is 4.87. The monoisotopic (exact) mass is 382 g/mol. The molecule has 0 fully saturated rings. The third kappa shape index (κ3) is 3.13. The molecule has 1 N–H and O–H groups in total. The molecule has 0 aliphatic carbocycles. The van der Waals surface area contributed by atoms with Crippen molar-refractivity contribution in [2.45, 2.75) is 0 Å². The van der Waals surface area contributed by atoms with Crippen LogP contribution in [0.2, 0.25) is 10.0 Å². The fourth-order valence-electron chi connectivity index (χ4n) is 2.14. The molecule has 8 heteroatoms. The van der Waals surface area contributed by atoms with E-state index in [0.717, 1.165) is 4.70 Å². The Labute approximate surface area is 152 Å². The number of fused-ring (bicyclic) bond motifs is 1. The first-order valence-electron chi connectivity index (χ1n) is 6.81. The molecule has 3 rings (SSSR count). The summed E-state index contributed by atoms with van der Waals surface area (Å²) >= 11 is 13.4. The molecule has 0 radical (unpaired) electrons. The highest BCUT2D eigenvalue weighted by Crippen LogP contribution is 2.35. The molecule has 0 atom stereocenters. The summed E-state index contributed by atoms with van der Waals surface area (Å²) < 4.78 is 11.2. The van der Waals surface area contributed by atoms with Gasteiger partial charge in [-0.2, -0.15) is 0 Å². The first-order chi connectivity index (χ1) is 11.5. The topological polar surface area (TPSA) is 60.5 Å². The van der Waals surface area contributed by atoms with E-state index in [1.165, 1.54) is 25.6 Å². The van der Waals surface area contributed by atoms with Gasteiger partial charge in [0.2, 0.25) is 0 Å². The maximum absolute atomic E-state index is 12.4. The number of carbonyl (C=O) groups is 1. The van der Waals surface area contributed by atoms with Crippen molar-refractivity contribution in [1.82, 2.24) is 4.98 Å². The minimum Gasteiger partial charge on any atom is -0.493 e. The van der Waals surface area contributed by atoms with E-state index >= 15 is 0 Å². The van der Waals surface area contributed by atoms with E-state index in [1.54, 1.807) is 24.3 Å². The molecule has 0 unspecified atom stereocenters. The summed E-state index contributed by atoms with van der Waals surface area (Å²) in [5, 5.41) is 3.99. The Morgan fingerprint density at radius 1 is 1.12 bits per heavy atom. The highest BCUT2D eigenvalue weighted by molar-refractivity contribution is 7.22. The van der Waals surface area contributed by atoms with Crippen LogP contribution in [0.1, 0.15) is 10.4 Å². The number of thiazole rings is 1. The molecule has 1 amide bonds. The Balaban J connectivity index is 1.88. The highest BCUT2D eigenvalue weighted by Gasteiger charge is 2.15. The number of anilines is 1. The van der Waals surface area contributed by atoms with Crippen molar-refractivity contribution in [3.8, 4) is 11.5 Å². The summed E-state index contributed by atoms with van der Waals surface area (Å²) in [5.41, 5.74) is 0.993. The van der Waals surface area contributed by atoms with E-state index in [9.17, 15) is 4.79 Å². The number of carbonyl (C=O) groups excluding carboxylic acids is 1. The number of ether oxygens (including phenoxy) is 2. The summed E-state index contributed by atoms with van der Waals surface area (Å²) in [7, 11) is 3.05. The van der Waals surface area contributed by atoms with Gasteiger partial charge in [-0.15, -0.1) is 0 Å². The second-order valence-corrected chi connectivity index (χ2v) is 6.57. The fourth-order valence-corrected chi connectivity index (χ4v) is 3.42. The number of aromatic nitrogens is 1. The van der Waals surface area contributed by atoms with Crippen molar-refractivity contribution >= 4 is 55.8 Å². The van der Waals surface area contributed by atoms with Crippen molar-refractivity contribution in [2.75, 3.05) is 19.5 Å². The molecular weight excluding hydrogens is 371 g/mol. The van der Waals surface area contributed by atoms with E-state index in [1.807, 2.05) is 6.07 Å². The van der Waals surface area contributed by atoms with E-state index in [2.05, 4.69) is 10.3 Å². The molecule has 3 aromatic rings. The molecule has 0 aliphatic heterocycles. The molecule has 1 heterocycles. The van der Waals surface area contributed by atoms with Crippen molar-refractivity contribution in [1.29, 1.82) is 0 Å². The lowest BCUT2D eigenvalue weighted by Gasteiger charge is -2.09. The zero-order valence-electron chi connectivity index (χ0n) is 12.7. The van der Waals surface area contributed by atoms with Crippen LogP contribution in [0.5, 0.6) is 11.5 Å². The zero-order chi connectivity index (χ0) is 17.3. The lowest BCUT2D eigenvalue weighted by molar-refractivity contribution is 0.102. The van der Waals surface area contributed by atoms with Crippen LogP contribution in [0.25, 0.3) is 10.2 Å². The maximum Gasteiger partial charge on any atom is 0.257 e. The Morgan fingerprint density at radius 3 is 2.58 bits per heavy atom. The number of nitrogens with zero attached hydrogens (tertiary/aromatic N) is 1. The number of methoxy groups -OCH3 is 2. The van der Waals surface area contributed by atoms with Crippen molar-refractivity contribution < 1.29 is 14.3 Å². The average molecular weight is 383 g/mol. The number of hydrogen-bond donors (Lipinski definition) is 1. The van der Waals surface area contributed by atoms with Gasteiger partial charge in [0.05, 0.1) is 29.0 Å². The van der Waals surface area contributed by atoms with Gasteiger partial charge in [-0.1, -0.05) is 34.5 Å². The minimum absolute atomic E-state index is 0.308. The Kier molecular flexibility index (Phi) is 4.80. The molecule has 0 saturated carbocycles. The first kappa shape index (κ1) is 16.8. The van der Waals surface area contributed by atoms with Gasteiger partial charge >= 0.3 is 0 Å². The number of hydrogen-bond acceptors (Lipinski definition) is 5. The number of amides is 1. The lowest BCUT2D eigenvalue weighted by atomic mass is 10.2. The Hall–Kier alpha value is -2.02. The van der Waals surface area contributed by atoms with Crippen LogP contribution in [-0.4, -0.2) is 25.1 Å². The van der Waals surface area contributed by atoms with Crippen LogP contribution in [0.15, 0.2) is 30.3 Å². The third-order valence-electron chi connectivity index (χ3n) is 3.32. The van der Waals surface area contributed by atoms with Gasteiger partial charge in [0.15, 0.2) is 16.6 Å². The Bertz CT molecular complexity index is 927. The summed E-state index contributed by atoms with van der Waals surface area (Å²) in [6.45, 7) is 0. The predicted molar refractivity (Wildman–Crippen MR) is 97.1 cm³/mol. The number of rotatable bonds is 4. The molecule has 24 heavy (non-hydrogen) atoms. The number of benzene rings is 2. The summed E-state index contributed by atoms with van der Waals surface area (Å²) in [4.78, 5) is 16.7. The van der Waals surface area contributed by atoms with E-state index in [0.29, 0.717) is 37.8 Å².